The Balaban J connectivity index is 1.00. The van der Waals surface area contributed by atoms with Crippen LogP contribution in [-0.4, -0.2) is 0 Å². The Bertz CT molecular complexity index is 3500. The van der Waals surface area contributed by atoms with Gasteiger partial charge in [0.25, 0.3) is 0 Å². The zero-order valence-electron chi connectivity index (χ0n) is 35.6. The number of hydrogen-bond donors (Lipinski definition) is 0. The highest BCUT2D eigenvalue weighted by Crippen LogP contribution is 2.59. The molecule has 10 aromatic rings. The van der Waals surface area contributed by atoms with Gasteiger partial charge in [-0.25, -0.2) is 0 Å². The molecule has 0 amide bonds. The fourth-order valence-electron chi connectivity index (χ4n) is 12.1. The Morgan fingerprint density at radius 1 is 0.365 bits per heavy atom. The second-order valence-corrected chi connectivity index (χ2v) is 18.4. The van der Waals surface area contributed by atoms with Gasteiger partial charge in [-0.05, 0) is 155 Å². The summed E-state index contributed by atoms with van der Waals surface area (Å²) in [7, 11) is 0. The molecule has 0 aliphatic heterocycles. The van der Waals surface area contributed by atoms with Gasteiger partial charge in [-0.15, -0.1) is 0 Å². The third-order valence-corrected chi connectivity index (χ3v) is 14.8. The van der Waals surface area contributed by atoms with Gasteiger partial charge in [-0.2, -0.15) is 0 Å². The maximum Gasteiger partial charge on any atom is 0.0470 e. The van der Waals surface area contributed by atoms with Crippen molar-refractivity contribution >= 4 is 38.6 Å². The van der Waals surface area contributed by atoms with E-state index in [-0.39, 0.29) is 10.8 Å². The van der Waals surface area contributed by atoms with Crippen LogP contribution in [0.1, 0.15) is 53.6 Å². The highest BCUT2D eigenvalue weighted by molar-refractivity contribution is 6.13. The number of hydrogen-bond acceptors (Lipinski definition) is 1. The molecular formula is C62H45N. The van der Waals surface area contributed by atoms with Crippen LogP contribution in [0.15, 0.2) is 212 Å². The molecule has 13 rings (SSSR count). The average molecular weight is 804 g/mol. The van der Waals surface area contributed by atoms with Crippen LogP contribution < -0.4 is 4.90 Å². The van der Waals surface area contributed by atoms with Crippen LogP contribution in [0.2, 0.25) is 0 Å². The van der Waals surface area contributed by atoms with Gasteiger partial charge in [0.2, 0.25) is 0 Å². The van der Waals surface area contributed by atoms with Crippen molar-refractivity contribution in [2.75, 3.05) is 4.90 Å². The van der Waals surface area contributed by atoms with Gasteiger partial charge in [-0.3, -0.25) is 0 Å². The van der Waals surface area contributed by atoms with Gasteiger partial charge in [0.1, 0.15) is 0 Å². The van der Waals surface area contributed by atoms with Crippen LogP contribution in [0.3, 0.4) is 0 Å². The third-order valence-electron chi connectivity index (χ3n) is 14.8. The summed E-state index contributed by atoms with van der Waals surface area (Å²) in [6, 6.07) is 79.9. The van der Waals surface area contributed by atoms with Gasteiger partial charge >= 0.3 is 0 Å². The lowest BCUT2D eigenvalue weighted by Gasteiger charge is -2.31. The van der Waals surface area contributed by atoms with Crippen LogP contribution in [-0.2, 0) is 17.3 Å². The summed E-state index contributed by atoms with van der Waals surface area (Å²) in [5.74, 6) is 0. The molecule has 10 aromatic carbocycles. The van der Waals surface area contributed by atoms with Crippen molar-refractivity contribution in [3.63, 3.8) is 0 Å². The molecule has 0 radical (unpaired) electrons. The Labute approximate surface area is 369 Å². The lowest BCUT2D eigenvalue weighted by molar-refractivity contribution is 0.626. The van der Waals surface area contributed by atoms with Crippen LogP contribution >= 0.6 is 0 Å². The molecule has 3 aliphatic carbocycles. The molecule has 0 bridgehead atoms. The number of fused-ring (bicyclic) bond motifs is 13. The molecular weight excluding hydrogens is 759 g/mol. The van der Waals surface area contributed by atoms with E-state index in [2.05, 4.69) is 231 Å². The molecule has 1 atom stereocenters. The molecule has 1 spiro atoms. The summed E-state index contributed by atoms with van der Waals surface area (Å²) in [4.78, 5) is 2.49. The predicted octanol–water partition coefficient (Wildman–Crippen LogP) is 16.4. The fraction of sp³-hybridized carbons (Fsp3) is 0.0968. The van der Waals surface area contributed by atoms with E-state index in [9.17, 15) is 0 Å². The van der Waals surface area contributed by atoms with Crippen molar-refractivity contribution in [1.29, 1.82) is 0 Å². The first-order valence-corrected chi connectivity index (χ1v) is 22.5. The lowest BCUT2D eigenvalue weighted by atomic mass is 9.73. The zero-order chi connectivity index (χ0) is 41.9. The summed E-state index contributed by atoms with van der Waals surface area (Å²) in [5, 5.41) is 5.11. The Kier molecular flexibility index (Phi) is 7.76. The van der Waals surface area contributed by atoms with Crippen molar-refractivity contribution in [2.45, 2.75) is 37.5 Å². The molecule has 0 heterocycles. The zero-order valence-corrected chi connectivity index (χ0v) is 35.6. The lowest BCUT2D eigenvalue weighted by Crippen LogP contribution is -2.24. The van der Waals surface area contributed by atoms with Gasteiger partial charge in [-0.1, -0.05) is 184 Å². The summed E-state index contributed by atoms with van der Waals surface area (Å²) < 4.78 is 0. The molecule has 0 saturated carbocycles. The van der Waals surface area contributed by atoms with E-state index in [1.807, 2.05) is 0 Å². The molecule has 1 unspecified atom stereocenters. The second-order valence-electron chi connectivity index (χ2n) is 18.4. The first kappa shape index (κ1) is 36.2. The highest BCUT2D eigenvalue weighted by atomic mass is 15.1. The smallest absolute Gasteiger partial charge is 0.0470 e. The largest absolute Gasteiger partial charge is 0.310 e. The SMILES string of the molecule is CC1(C)c2ccccc2-c2cccc(-c3cccc(N(c4ccc(-c5cc6ccccc6c6ccccc56)cc4)c4ccc5c(c4)C4(CCc6ccccc64)c4ccccc4-5)c3)c21. The quantitative estimate of drug-likeness (QED) is 0.157. The van der Waals surface area contributed by atoms with Crippen molar-refractivity contribution in [3.8, 4) is 44.5 Å². The highest BCUT2D eigenvalue weighted by Gasteiger charge is 2.48. The molecule has 298 valence electrons. The van der Waals surface area contributed by atoms with Crippen LogP contribution in [0, 0.1) is 0 Å². The number of aryl methyl sites for hydroxylation is 1. The molecule has 3 aliphatic rings. The van der Waals surface area contributed by atoms with Crippen molar-refractivity contribution < 1.29 is 0 Å². The van der Waals surface area contributed by atoms with Crippen LogP contribution in [0.25, 0.3) is 66.1 Å². The van der Waals surface area contributed by atoms with Crippen LogP contribution in [0.5, 0.6) is 0 Å². The summed E-state index contributed by atoms with van der Waals surface area (Å²) in [6.45, 7) is 4.77. The molecule has 0 aromatic heterocycles. The molecule has 0 fully saturated rings. The van der Waals surface area contributed by atoms with E-state index < -0.39 is 0 Å². The maximum absolute atomic E-state index is 2.52. The first-order chi connectivity index (χ1) is 31.0. The molecule has 0 N–H and O–H groups in total. The molecule has 1 heteroatoms. The van der Waals surface area contributed by atoms with E-state index in [1.54, 1.807) is 0 Å². The minimum Gasteiger partial charge on any atom is -0.310 e. The predicted molar refractivity (Wildman–Crippen MR) is 265 cm³/mol. The van der Waals surface area contributed by atoms with Gasteiger partial charge in [0, 0.05) is 27.9 Å². The van der Waals surface area contributed by atoms with E-state index in [1.165, 1.54) is 99.4 Å². The topological polar surface area (TPSA) is 3.24 Å². The summed E-state index contributed by atoms with van der Waals surface area (Å²) in [5.41, 5.74) is 22.1. The fourth-order valence-corrected chi connectivity index (χ4v) is 12.1. The summed E-state index contributed by atoms with van der Waals surface area (Å²) >= 11 is 0. The number of rotatable bonds is 5. The van der Waals surface area contributed by atoms with E-state index >= 15 is 0 Å². The monoisotopic (exact) mass is 803 g/mol. The summed E-state index contributed by atoms with van der Waals surface area (Å²) in [6.07, 6.45) is 2.15. The van der Waals surface area contributed by atoms with Gasteiger partial charge < -0.3 is 4.90 Å². The Hall–Kier alpha value is -7.48. The van der Waals surface area contributed by atoms with E-state index in [4.69, 9.17) is 0 Å². The second kappa shape index (κ2) is 13.5. The number of nitrogens with zero attached hydrogens (tertiary/aromatic N) is 1. The van der Waals surface area contributed by atoms with Crippen molar-refractivity contribution in [2.24, 2.45) is 0 Å². The van der Waals surface area contributed by atoms with Crippen molar-refractivity contribution in [3.05, 3.63) is 246 Å². The minimum atomic E-state index is -0.182. The van der Waals surface area contributed by atoms with E-state index in [0.717, 1.165) is 29.9 Å². The third kappa shape index (κ3) is 5.17. The number of anilines is 3. The molecule has 0 saturated heterocycles. The molecule has 1 nitrogen and oxygen atoms in total. The number of benzene rings is 10. The van der Waals surface area contributed by atoms with Gasteiger partial charge in [0.05, 0.1) is 0 Å². The van der Waals surface area contributed by atoms with E-state index in [0.29, 0.717) is 0 Å². The molecule has 63 heavy (non-hydrogen) atoms. The minimum absolute atomic E-state index is 0.123. The Morgan fingerprint density at radius 2 is 0.968 bits per heavy atom. The first-order valence-electron chi connectivity index (χ1n) is 22.5. The van der Waals surface area contributed by atoms with Crippen molar-refractivity contribution in [1.82, 2.24) is 0 Å². The maximum atomic E-state index is 2.52. The Morgan fingerprint density at radius 3 is 1.81 bits per heavy atom. The average Bonchev–Trinajstić information content (AvgIpc) is 3.95. The van der Waals surface area contributed by atoms with Crippen LogP contribution in [0.4, 0.5) is 17.1 Å². The standard InChI is InChI=1S/C62H45N/c1-61(2)57-27-11-8-23-52(57)54-25-14-24-48(60(54)61)42-17-13-18-45(37-42)63(44-31-29-40(30-32-44)55-38-43-16-3-5-19-47(43)49-20-6-7-21-50(49)55)46-33-34-53-51-22-9-12-28-58(51)62(59(53)39-46)36-35-41-15-4-10-26-56(41)62/h3-34,37-39H,35-36H2,1-2H3. The normalized spacial score (nSPS) is 16.2. The van der Waals surface area contributed by atoms with Gasteiger partial charge in [0.15, 0.2) is 0 Å².